The number of hydrogen-bond donors (Lipinski definition) is 0. The van der Waals surface area contributed by atoms with Gasteiger partial charge >= 0.3 is 0 Å². The van der Waals surface area contributed by atoms with E-state index in [1.54, 1.807) is 7.11 Å². The molecular formula is C12H16NO. The zero-order valence-electron chi connectivity index (χ0n) is 8.57. The molecule has 0 aliphatic carbocycles. The van der Waals surface area contributed by atoms with Crippen LogP contribution in [0.5, 0.6) is 5.75 Å². The molecule has 1 fully saturated rings. The molecule has 0 saturated carbocycles. The summed E-state index contributed by atoms with van der Waals surface area (Å²) in [5.41, 5.74) is 1.40. The molecule has 2 nitrogen and oxygen atoms in total. The summed E-state index contributed by atoms with van der Waals surface area (Å²) in [6.07, 6.45) is 2.42. The number of rotatable bonds is 3. The van der Waals surface area contributed by atoms with Crippen molar-refractivity contribution >= 4 is 0 Å². The Kier molecular flexibility index (Phi) is 3.04. The molecule has 2 heteroatoms. The van der Waals surface area contributed by atoms with Gasteiger partial charge in [0, 0.05) is 13.1 Å². The maximum absolute atomic E-state index is 5.12. The van der Waals surface area contributed by atoms with Gasteiger partial charge in [-0.2, -0.15) is 0 Å². The first-order valence-corrected chi connectivity index (χ1v) is 5.14. The SMILES string of the molecule is COc1ccc(C[C@H]2CC[N]C2)cc1. The number of methoxy groups -OCH3 is 1. The van der Waals surface area contributed by atoms with Crippen LogP contribution in [-0.4, -0.2) is 20.2 Å². The number of benzene rings is 1. The van der Waals surface area contributed by atoms with Gasteiger partial charge in [-0.3, -0.25) is 0 Å². The molecule has 0 amide bonds. The summed E-state index contributed by atoms with van der Waals surface area (Å²) in [4.78, 5) is 0. The average Bonchev–Trinajstić information content (AvgIpc) is 2.72. The molecule has 0 aromatic heterocycles. The van der Waals surface area contributed by atoms with Crippen LogP contribution in [0.4, 0.5) is 0 Å². The largest absolute Gasteiger partial charge is 0.497 e. The molecule has 75 valence electrons. The monoisotopic (exact) mass is 190 g/mol. The molecule has 1 radical (unpaired) electrons. The third-order valence-corrected chi connectivity index (χ3v) is 2.77. The zero-order chi connectivity index (χ0) is 9.80. The summed E-state index contributed by atoms with van der Waals surface area (Å²) in [7, 11) is 1.70. The van der Waals surface area contributed by atoms with E-state index in [0.717, 1.165) is 31.2 Å². The molecular weight excluding hydrogens is 174 g/mol. The summed E-state index contributed by atoms with van der Waals surface area (Å²) in [5.74, 6) is 1.70. The summed E-state index contributed by atoms with van der Waals surface area (Å²) in [6.45, 7) is 2.10. The highest BCUT2D eigenvalue weighted by molar-refractivity contribution is 5.27. The summed E-state index contributed by atoms with van der Waals surface area (Å²) < 4.78 is 5.12. The van der Waals surface area contributed by atoms with Crippen LogP contribution in [0, 0.1) is 5.92 Å². The Balaban J connectivity index is 1.95. The standard InChI is InChI=1S/C12H16NO/c1-14-12-4-2-10(3-5-12)8-11-6-7-13-9-11/h2-5,11H,6-9H2,1H3/t11-/m1/s1. The Morgan fingerprint density at radius 2 is 2.14 bits per heavy atom. The molecule has 1 saturated heterocycles. The van der Waals surface area contributed by atoms with E-state index in [-0.39, 0.29) is 0 Å². The number of nitrogens with zero attached hydrogens (tertiary/aromatic N) is 1. The van der Waals surface area contributed by atoms with Crippen molar-refractivity contribution in [3.63, 3.8) is 0 Å². The molecule has 1 atom stereocenters. The molecule has 14 heavy (non-hydrogen) atoms. The van der Waals surface area contributed by atoms with Crippen LogP contribution in [0.2, 0.25) is 0 Å². The Bertz CT molecular complexity index is 275. The predicted molar refractivity (Wildman–Crippen MR) is 56.7 cm³/mol. The molecule has 0 unspecified atom stereocenters. The fourth-order valence-corrected chi connectivity index (χ4v) is 1.90. The lowest BCUT2D eigenvalue weighted by Crippen LogP contribution is -2.05. The van der Waals surface area contributed by atoms with Crippen molar-refractivity contribution in [2.75, 3.05) is 20.2 Å². The van der Waals surface area contributed by atoms with Crippen LogP contribution in [0.3, 0.4) is 0 Å². The van der Waals surface area contributed by atoms with E-state index < -0.39 is 0 Å². The minimum absolute atomic E-state index is 0.767. The highest BCUT2D eigenvalue weighted by atomic mass is 16.5. The van der Waals surface area contributed by atoms with Crippen LogP contribution in [0.25, 0.3) is 0 Å². The van der Waals surface area contributed by atoms with Gasteiger partial charge in [-0.05, 0) is 36.5 Å². The second-order valence-electron chi connectivity index (χ2n) is 3.84. The molecule has 1 heterocycles. The van der Waals surface area contributed by atoms with Crippen LogP contribution in [-0.2, 0) is 6.42 Å². The summed E-state index contributed by atoms with van der Waals surface area (Å²) in [5, 5.41) is 4.37. The molecule has 1 aliphatic heterocycles. The second kappa shape index (κ2) is 4.47. The van der Waals surface area contributed by atoms with Crippen LogP contribution < -0.4 is 10.1 Å². The van der Waals surface area contributed by atoms with E-state index in [1.165, 1.54) is 12.0 Å². The van der Waals surface area contributed by atoms with Crippen molar-refractivity contribution in [1.29, 1.82) is 0 Å². The van der Waals surface area contributed by atoms with Crippen molar-refractivity contribution in [2.45, 2.75) is 12.8 Å². The van der Waals surface area contributed by atoms with Crippen molar-refractivity contribution in [3.05, 3.63) is 29.8 Å². The van der Waals surface area contributed by atoms with Gasteiger partial charge < -0.3 is 4.74 Å². The normalized spacial score (nSPS) is 21.1. The minimum Gasteiger partial charge on any atom is -0.497 e. The Labute approximate surface area is 85.3 Å². The molecule has 1 aliphatic rings. The molecule has 0 spiro atoms. The maximum Gasteiger partial charge on any atom is 0.118 e. The lowest BCUT2D eigenvalue weighted by Gasteiger charge is -2.08. The van der Waals surface area contributed by atoms with Gasteiger partial charge in [0.05, 0.1) is 7.11 Å². The minimum atomic E-state index is 0.767. The fourth-order valence-electron chi connectivity index (χ4n) is 1.90. The highest BCUT2D eigenvalue weighted by Gasteiger charge is 2.15. The van der Waals surface area contributed by atoms with Gasteiger partial charge in [-0.15, -0.1) is 0 Å². The van der Waals surface area contributed by atoms with Gasteiger partial charge in [0.2, 0.25) is 0 Å². The number of hydrogen-bond acceptors (Lipinski definition) is 1. The Morgan fingerprint density at radius 1 is 1.36 bits per heavy atom. The molecule has 2 rings (SSSR count). The van der Waals surface area contributed by atoms with Crippen LogP contribution in [0.1, 0.15) is 12.0 Å². The summed E-state index contributed by atoms with van der Waals surface area (Å²) in [6, 6.07) is 8.36. The Morgan fingerprint density at radius 3 is 2.71 bits per heavy atom. The zero-order valence-corrected chi connectivity index (χ0v) is 8.57. The average molecular weight is 190 g/mol. The highest BCUT2D eigenvalue weighted by Crippen LogP contribution is 2.18. The van der Waals surface area contributed by atoms with Crippen molar-refractivity contribution in [2.24, 2.45) is 5.92 Å². The molecule has 0 N–H and O–H groups in total. The smallest absolute Gasteiger partial charge is 0.118 e. The van der Waals surface area contributed by atoms with Gasteiger partial charge in [-0.25, -0.2) is 5.32 Å². The quantitative estimate of drug-likeness (QED) is 0.713. The van der Waals surface area contributed by atoms with Gasteiger partial charge in [0.1, 0.15) is 5.75 Å². The maximum atomic E-state index is 5.12. The lowest BCUT2D eigenvalue weighted by molar-refractivity contribution is 0.414. The molecule has 0 bridgehead atoms. The lowest BCUT2D eigenvalue weighted by atomic mass is 9.99. The van der Waals surface area contributed by atoms with Crippen LogP contribution >= 0.6 is 0 Å². The van der Waals surface area contributed by atoms with E-state index in [9.17, 15) is 0 Å². The van der Waals surface area contributed by atoms with E-state index in [4.69, 9.17) is 4.74 Å². The van der Waals surface area contributed by atoms with E-state index >= 15 is 0 Å². The third-order valence-electron chi connectivity index (χ3n) is 2.77. The van der Waals surface area contributed by atoms with E-state index in [1.807, 2.05) is 12.1 Å². The topological polar surface area (TPSA) is 23.3 Å². The Hall–Kier alpha value is -1.02. The first-order valence-electron chi connectivity index (χ1n) is 5.14. The van der Waals surface area contributed by atoms with Gasteiger partial charge in [0.25, 0.3) is 0 Å². The van der Waals surface area contributed by atoms with Gasteiger partial charge in [-0.1, -0.05) is 12.1 Å². The van der Waals surface area contributed by atoms with Crippen molar-refractivity contribution < 1.29 is 4.74 Å². The van der Waals surface area contributed by atoms with Crippen LogP contribution in [0.15, 0.2) is 24.3 Å². The third kappa shape index (κ3) is 2.26. The fraction of sp³-hybridized carbons (Fsp3) is 0.500. The second-order valence-corrected chi connectivity index (χ2v) is 3.84. The molecule has 1 aromatic carbocycles. The first kappa shape index (κ1) is 9.53. The van der Waals surface area contributed by atoms with Gasteiger partial charge in [0.15, 0.2) is 0 Å². The summed E-state index contributed by atoms with van der Waals surface area (Å²) >= 11 is 0. The van der Waals surface area contributed by atoms with E-state index in [2.05, 4.69) is 17.4 Å². The molecule has 1 aromatic rings. The van der Waals surface area contributed by atoms with Crippen molar-refractivity contribution in [3.8, 4) is 5.75 Å². The van der Waals surface area contributed by atoms with E-state index in [0.29, 0.717) is 0 Å². The first-order chi connectivity index (χ1) is 6.88. The predicted octanol–water partition coefficient (Wildman–Crippen LogP) is 1.86. The number of ether oxygens (including phenoxy) is 1. The van der Waals surface area contributed by atoms with Crippen molar-refractivity contribution in [1.82, 2.24) is 5.32 Å².